The van der Waals surface area contributed by atoms with Crippen LogP contribution in [0.2, 0.25) is 0 Å². The Labute approximate surface area is 105 Å². The maximum atomic E-state index is 9.20. The van der Waals surface area contributed by atoms with Crippen molar-refractivity contribution >= 4 is 23.1 Å². The third kappa shape index (κ3) is 3.20. The molecule has 0 radical (unpaired) electrons. The minimum Gasteiger partial charge on any atom is -0.395 e. The Balaban J connectivity index is 1.71. The Bertz CT molecular complexity index is 330. The second kappa shape index (κ2) is 6.00. The SMILES string of the molecule is Cc1ncc(SCCN2CCC[C@H]2CO)s1. The van der Waals surface area contributed by atoms with Gasteiger partial charge in [0.05, 0.1) is 22.0 Å². The summed E-state index contributed by atoms with van der Waals surface area (Å²) in [6, 6.07) is 0.406. The summed E-state index contributed by atoms with van der Waals surface area (Å²) in [5.74, 6) is 1.10. The van der Waals surface area contributed by atoms with Gasteiger partial charge >= 0.3 is 0 Å². The molecule has 0 bridgehead atoms. The minimum absolute atomic E-state index is 0.310. The quantitative estimate of drug-likeness (QED) is 0.820. The van der Waals surface area contributed by atoms with Gasteiger partial charge in [-0.3, -0.25) is 4.90 Å². The van der Waals surface area contributed by atoms with E-state index < -0.39 is 0 Å². The van der Waals surface area contributed by atoms with Crippen LogP contribution in [-0.4, -0.2) is 46.5 Å². The van der Waals surface area contributed by atoms with E-state index in [1.54, 1.807) is 11.3 Å². The number of thioether (sulfide) groups is 1. The first-order chi connectivity index (χ1) is 7.79. The van der Waals surface area contributed by atoms with E-state index in [4.69, 9.17) is 0 Å². The lowest BCUT2D eigenvalue weighted by molar-refractivity contribution is 0.165. The lowest BCUT2D eigenvalue weighted by atomic mass is 10.2. The fraction of sp³-hybridized carbons (Fsp3) is 0.727. The number of rotatable bonds is 5. The summed E-state index contributed by atoms with van der Waals surface area (Å²) >= 11 is 3.63. The highest BCUT2D eigenvalue weighted by atomic mass is 32.2. The van der Waals surface area contributed by atoms with Crippen molar-refractivity contribution in [2.24, 2.45) is 0 Å². The van der Waals surface area contributed by atoms with Crippen LogP contribution in [0.5, 0.6) is 0 Å². The standard InChI is InChI=1S/C11H18N2OS2/c1-9-12-7-11(16-9)15-6-5-13-4-2-3-10(13)8-14/h7,10,14H,2-6,8H2,1H3/t10-/m0/s1. The van der Waals surface area contributed by atoms with Crippen molar-refractivity contribution in [1.29, 1.82) is 0 Å². The number of aryl methyl sites for hydroxylation is 1. The number of hydrogen-bond acceptors (Lipinski definition) is 5. The van der Waals surface area contributed by atoms with Crippen LogP contribution in [0.25, 0.3) is 0 Å². The monoisotopic (exact) mass is 258 g/mol. The molecule has 1 atom stereocenters. The fourth-order valence-corrected chi connectivity index (χ4v) is 4.07. The highest BCUT2D eigenvalue weighted by Gasteiger charge is 2.22. The van der Waals surface area contributed by atoms with Gasteiger partial charge in [0, 0.05) is 18.3 Å². The summed E-state index contributed by atoms with van der Waals surface area (Å²) in [7, 11) is 0. The second-order valence-corrected chi connectivity index (χ2v) is 6.69. The van der Waals surface area contributed by atoms with E-state index in [1.807, 2.05) is 24.9 Å². The van der Waals surface area contributed by atoms with Crippen LogP contribution in [0, 0.1) is 6.92 Å². The average Bonchev–Trinajstić information content (AvgIpc) is 2.87. The highest BCUT2D eigenvalue weighted by molar-refractivity contribution is 8.01. The topological polar surface area (TPSA) is 36.4 Å². The smallest absolute Gasteiger partial charge is 0.0905 e. The van der Waals surface area contributed by atoms with Crippen LogP contribution in [0.15, 0.2) is 10.4 Å². The molecule has 0 aromatic carbocycles. The summed E-state index contributed by atoms with van der Waals surface area (Å²) in [5, 5.41) is 10.3. The molecule has 1 N–H and O–H groups in total. The molecule has 2 rings (SSSR count). The number of hydrogen-bond donors (Lipinski definition) is 1. The van der Waals surface area contributed by atoms with E-state index in [9.17, 15) is 5.11 Å². The fourth-order valence-electron chi connectivity index (χ4n) is 2.07. The number of thiazole rings is 1. The molecular weight excluding hydrogens is 240 g/mol. The number of aliphatic hydroxyl groups is 1. The maximum Gasteiger partial charge on any atom is 0.0905 e. The van der Waals surface area contributed by atoms with E-state index in [2.05, 4.69) is 9.88 Å². The predicted molar refractivity (Wildman–Crippen MR) is 69.3 cm³/mol. The molecule has 1 aliphatic heterocycles. The molecular formula is C11H18N2OS2. The largest absolute Gasteiger partial charge is 0.395 e. The van der Waals surface area contributed by atoms with Crippen LogP contribution in [0.3, 0.4) is 0 Å². The van der Waals surface area contributed by atoms with Gasteiger partial charge in [0.2, 0.25) is 0 Å². The maximum absolute atomic E-state index is 9.20. The first-order valence-corrected chi connectivity index (χ1v) is 7.50. The molecule has 0 amide bonds. The van der Waals surface area contributed by atoms with Gasteiger partial charge in [-0.25, -0.2) is 4.98 Å². The zero-order valence-corrected chi connectivity index (χ0v) is 11.2. The number of likely N-dealkylation sites (tertiary alicyclic amines) is 1. The van der Waals surface area contributed by atoms with Crippen LogP contribution in [-0.2, 0) is 0 Å². The van der Waals surface area contributed by atoms with Crippen molar-refractivity contribution in [2.75, 3.05) is 25.4 Å². The molecule has 1 aliphatic rings. The van der Waals surface area contributed by atoms with Gasteiger partial charge in [0.15, 0.2) is 0 Å². The van der Waals surface area contributed by atoms with Gasteiger partial charge in [-0.2, -0.15) is 0 Å². The molecule has 1 saturated heterocycles. The summed E-state index contributed by atoms with van der Waals surface area (Å²) in [6.45, 7) is 4.57. The van der Waals surface area contributed by atoms with E-state index >= 15 is 0 Å². The Morgan fingerprint density at radius 2 is 2.56 bits per heavy atom. The Morgan fingerprint density at radius 1 is 1.69 bits per heavy atom. The molecule has 0 unspecified atom stereocenters. The van der Waals surface area contributed by atoms with Crippen molar-refractivity contribution in [1.82, 2.24) is 9.88 Å². The van der Waals surface area contributed by atoms with Crippen molar-refractivity contribution < 1.29 is 5.11 Å². The summed E-state index contributed by atoms with van der Waals surface area (Å²) in [5.41, 5.74) is 0. The molecule has 1 aromatic rings. The Hall–Kier alpha value is -0.100. The van der Waals surface area contributed by atoms with E-state index in [-0.39, 0.29) is 0 Å². The predicted octanol–water partition coefficient (Wildman–Crippen LogP) is 2.00. The summed E-state index contributed by atoms with van der Waals surface area (Å²) in [6.07, 6.45) is 4.34. The molecule has 3 nitrogen and oxygen atoms in total. The lowest BCUT2D eigenvalue weighted by Crippen LogP contribution is -2.33. The summed E-state index contributed by atoms with van der Waals surface area (Å²) in [4.78, 5) is 6.65. The molecule has 1 aromatic heterocycles. The lowest BCUT2D eigenvalue weighted by Gasteiger charge is -2.21. The van der Waals surface area contributed by atoms with Gasteiger partial charge in [-0.15, -0.1) is 23.1 Å². The van der Waals surface area contributed by atoms with Crippen LogP contribution >= 0.6 is 23.1 Å². The molecule has 0 aliphatic carbocycles. The first kappa shape index (κ1) is 12.4. The van der Waals surface area contributed by atoms with Gasteiger partial charge in [-0.1, -0.05) is 0 Å². The normalized spacial score (nSPS) is 21.8. The van der Waals surface area contributed by atoms with Gasteiger partial charge in [-0.05, 0) is 26.3 Å². The molecule has 5 heteroatoms. The zero-order chi connectivity index (χ0) is 11.4. The molecule has 0 spiro atoms. The second-order valence-electron chi connectivity index (χ2n) is 4.06. The third-order valence-corrected chi connectivity index (χ3v) is 5.02. The Morgan fingerprint density at radius 3 is 3.25 bits per heavy atom. The molecule has 0 saturated carbocycles. The first-order valence-electron chi connectivity index (χ1n) is 5.69. The molecule has 16 heavy (non-hydrogen) atoms. The van der Waals surface area contributed by atoms with E-state index in [0.717, 1.165) is 30.3 Å². The number of aromatic nitrogens is 1. The Kier molecular flexibility index (Phi) is 4.64. The number of aliphatic hydroxyl groups excluding tert-OH is 1. The van der Waals surface area contributed by atoms with E-state index in [0.29, 0.717) is 12.6 Å². The van der Waals surface area contributed by atoms with Gasteiger partial charge in [0.25, 0.3) is 0 Å². The van der Waals surface area contributed by atoms with Crippen molar-refractivity contribution in [3.8, 4) is 0 Å². The summed E-state index contributed by atoms with van der Waals surface area (Å²) < 4.78 is 1.30. The average molecular weight is 258 g/mol. The number of nitrogens with zero attached hydrogens (tertiary/aromatic N) is 2. The molecule has 90 valence electrons. The van der Waals surface area contributed by atoms with Gasteiger partial charge < -0.3 is 5.11 Å². The molecule has 1 fully saturated rings. The molecule has 2 heterocycles. The van der Waals surface area contributed by atoms with Crippen molar-refractivity contribution in [2.45, 2.75) is 30.0 Å². The zero-order valence-electron chi connectivity index (χ0n) is 9.56. The van der Waals surface area contributed by atoms with Gasteiger partial charge in [0.1, 0.15) is 0 Å². The van der Waals surface area contributed by atoms with Crippen molar-refractivity contribution in [3.63, 3.8) is 0 Å². The van der Waals surface area contributed by atoms with Crippen LogP contribution in [0.1, 0.15) is 17.8 Å². The van der Waals surface area contributed by atoms with E-state index in [1.165, 1.54) is 10.6 Å². The van der Waals surface area contributed by atoms with Crippen LogP contribution in [0.4, 0.5) is 0 Å². The van der Waals surface area contributed by atoms with Crippen molar-refractivity contribution in [3.05, 3.63) is 11.2 Å². The third-order valence-electron chi connectivity index (χ3n) is 2.93. The minimum atomic E-state index is 0.310. The highest BCUT2D eigenvalue weighted by Crippen LogP contribution is 2.25. The van der Waals surface area contributed by atoms with Crippen LogP contribution < -0.4 is 0 Å².